The van der Waals surface area contributed by atoms with Gasteiger partial charge in [0.1, 0.15) is 5.75 Å². The summed E-state index contributed by atoms with van der Waals surface area (Å²) < 4.78 is 6.23. The molecule has 35 heavy (non-hydrogen) atoms. The Morgan fingerprint density at radius 2 is 1.00 bits per heavy atom. The van der Waals surface area contributed by atoms with Crippen LogP contribution in [-0.2, 0) is 0 Å². The van der Waals surface area contributed by atoms with Crippen LogP contribution in [0.25, 0.3) is 0 Å². The van der Waals surface area contributed by atoms with E-state index in [-0.39, 0.29) is 0 Å². The van der Waals surface area contributed by atoms with E-state index < -0.39 is 0 Å². The minimum atomic E-state index is 0.665. The van der Waals surface area contributed by atoms with Gasteiger partial charge in [-0.2, -0.15) is 10.2 Å². The summed E-state index contributed by atoms with van der Waals surface area (Å²) in [6.45, 7) is 5.41. The van der Waals surface area contributed by atoms with E-state index in [2.05, 4.69) is 24.1 Å². The molecular weight excluding hydrogens is 428 g/mol. The Morgan fingerprint density at radius 1 is 0.543 bits per heavy atom. The molecule has 2 rings (SSSR count). The van der Waals surface area contributed by atoms with Gasteiger partial charge in [-0.3, -0.25) is 0 Å². The largest absolute Gasteiger partial charge is 0.493 e. The van der Waals surface area contributed by atoms with Crippen LogP contribution in [-0.4, -0.2) is 6.61 Å². The van der Waals surface area contributed by atoms with Gasteiger partial charge < -0.3 is 4.74 Å². The fourth-order valence-electron chi connectivity index (χ4n) is 4.52. The van der Waals surface area contributed by atoms with E-state index >= 15 is 0 Å². The van der Waals surface area contributed by atoms with Crippen LogP contribution in [0.4, 0.5) is 11.4 Å². The smallest absolute Gasteiger partial charge is 0.119 e. The Kier molecular flexibility index (Phi) is 16.7. The predicted octanol–water partition coefficient (Wildman–Crippen LogP) is 11.4. The molecule has 0 bridgehead atoms. The normalized spacial score (nSPS) is 12.3. The first kappa shape index (κ1) is 29.1. The van der Waals surface area contributed by atoms with E-state index in [4.69, 9.17) is 4.74 Å². The van der Waals surface area contributed by atoms with Crippen LogP contribution in [0, 0.1) is 5.92 Å². The van der Waals surface area contributed by atoms with Gasteiger partial charge in [0.2, 0.25) is 0 Å². The topological polar surface area (TPSA) is 34.0 Å². The Labute approximate surface area is 215 Å². The molecule has 0 N–H and O–H groups in total. The van der Waals surface area contributed by atoms with Crippen molar-refractivity contribution in [2.45, 2.75) is 117 Å². The van der Waals surface area contributed by atoms with Crippen LogP contribution in [0.15, 0.2) is 64.8 Å². The highest BCUT2D eigenvalue weighted by atomic mass is 16.5. The maximum absolute atomic E-state index is 6.23. The second-order valence-corrected chi connectivity index (χ2v) is 10.0. The quantitative estimate of drug-likeness (QED) is 0.130. The van der Waals surface area contributed by atoms with Gasteiger partial charge in [0.05, 0.1) is 18.0 Å². The molecule has 0 aromatic heterocycles. The fourth-order valence-corrected chi connectivity index (χ4v) is 4.52. The highest BCUT2D eigenvalue weighted by molar-refractivity contribution is 5.42. The van der Waals surface area contributed by atoms with Crippen molar-refractivity contribution in [1.29, 1.82) is 0 Å². The van der Waals surface area contributed by atoms with Crippen molar-refractivity contribution in [2.75, 3.05) is 6.61 Å². The summed E-state index contributed by atoms with van der Waals surface area (Å²) in [5.74, 6) is 1.60. The Hall–Kier alpha value is -2.16. The van der Waals surface area contributed by atoms with E-state index in [0.29, 0.717) is 5.92 Å². The Balaban J connectivity index is 1.73. The number of ether oxygens (including phenoxy) is 1. The molecule has 0 aliphatic carbocycles. The van der Waals surface area contributed by atoms with Gasteiger partial charge in [0, 0.05) is 0 Å². The first-order valence-electron chi connectivity index (χ1n) is 14.5. The number of unbranched alkanes of at least 4 members (excludes halogenated alkanes) is 12. The zero-order valence-electron chi connectivity index (χ0n) is 22.6. The van der Waals surface area contributed by atoms with Crippen molar-refractivity contribution < 1.29 is 4.74 Å². The summed E-state index contributed by atoms with van der Waals surface area (Å²) in [4.78, 5) is 0. The molecule has 0 radical (unpaired) electrons. The lowest BCUT2D eigenvalue weighted by Gasteiger charge is -2.18. The molecule has 1 unspecified atom stereocenters. The monoisotopic (exact) mass is 478 g/mol. The highest BCUT2D eigenvalue weighted by Crippen LogP contribution is 2.24. The summed E-state index contributed by atoms with van der Waals surface area (Å²) in [6.07, 6.45) is 21.9. The van der Waals surface area contributed by atoms with Crippen LogP contribution in [0.5, 0.6) is 5.75 Å². The van der Waals surface area contributed by atoms with E-state index in [9.17, 15) is 0 Å². The van der Waals surface area contributed by atoms with Gasteiger partial charge in [-0.1, -0.05) is 122 Å². The third-order valence-electron chi connectivity index (χ3n) is 6.79. The molecule has 2 aromatic rings. The molecular formula is C32H50N2O. The van der Waals surface area contributed by atoms with E-state index in [1.807, 2.05) is 54.6 Å². The molecule has 194 valence electrons. The lowest BCUT2D eigenvalue weighted by Crippen LogP contribution is -2.12. The van der Waals surface area contributed by atoms with Crippen molar-refractivity contribution in [2.24, 2.45) is 16.1 Å². The molecule has 3 nitrogen and oxygen atoms in total. The summed E-state index contributed by atoms with van der Waals surface area (Å²) in [5.41, 5.74) is 1.72. The molecule has 0 spiro atoms. The molecule has 3 heteroatoms. The van der Waals surface area contributed by atoms with E-state index in [1.54, 1.807) is 0 Å². The zero-order valence-corrected chi connectivity index (χ0v) is 22.6. The maximum Gasteiger partial charge on any atom is 0.119 e. The maximum atomic E-state index is 6.23. The number of nitrogens with zero attached hydrogens (tertiary/aromatic N) is 2. The number of azo groups is 1. The molecule has 1 atom stereocenters. The zero-order chi connectivity index (χ0) is 24.8. The lowest BCUT2D eigenvalue weighted by molar-refractivity contribution is 0.224. The van der Waals surface area contributed by atoms with Crippen molar-refractivity contribution in [3.63, 3.8) is 0 Å². The summed E-state index contributed by atoms with van der Waals surface area (Å²) in [6, 6.07) is 17.9. The third kappa shape index (κ3) is 14.8. The summed E-state index contributed by atoms with van der Waals surface area (Å²) in [5, 5.41) is 8.63. The van der Waals surface area contributed by atoms with Crippen molar-refractivity contribution in [1.82, 2.24) is 0 Å². The average Bonchev–Trinajstić information content (AvgIpc) is 2.90. The van der Waals surface area contributed by atoms with Crippen molar-refractivity contribution in [3.8, 4) is 5.75 Å². The van der Waals surface area contributed by atoms with Crippen molar-refractivity contribution in [3.05, 3.63) is 54.6 Å². The van der Waals surface area contributed by atoms with Gasteiger partial charge >= 0.3 is 0 Å². The highest BCUT2D eigenvalue weighted by Gasteiger charge is 2.10. The fraction of sp³-hybridized carbons (Fsp3) is 0.625. The van der Waals surface area contributed by atoms with Crippen LogP contribution in [0.3, 0.4) is 0 Å². The van der Waals surface area contributed by atoms with Gasteiger partial charge in [0.15, 0.2) is 0 Å². The lowest BCUT2D eigenvalue weighted by atomic mass is 9.94. The second kappa shape index (κ2) is 20.1. The standard InChI is InChI=1S/C32H50N2O/c1-3-5-7-9-11-12-14-17-21-29(20-16-13-10-8-6-4-2)28-35-32-26-24-31(25-27-32)34-33-30-22-18-15-19-23-30/h15,18-19,22-27,29H,3-14,16-17,20-21,28H2,1-2H3. The number of hydrogen-bond donors (Lipinski definition) is 0. The van der Waals surface area contributed by atoms with Crippen molar-refractivity contribution >= 4 is 11.4 Å². The Morgan fingerprint density at radius 3 is 1.51 bits per heavy atom. The minimum absolute atomic E-state index is 0.665. The predicted molar refractivity (Wildman–Crippen MR) is 151 cm³/mol. The molecule has 2 aromatic carbocycles. The first-order chi connectivity index (χ1) is 17.3. The molecule has 0 saturated carbocycles. The van der Waals surface area contributed by atoms with Crippen LogP contribution in [0.1, 0.15) is 117 Å². The van der Waals surface area contributed by atoms with Crippen LogP contribution < -0.4 is 4.74 Å². The van der Waals surface area contributed by atoms with E-state index in [0.717, 1.165) is 23.7 Å². The van der Waals surface area contributed by atoms with Crippen LogP contribution >= 0.6 is 0 Å². The average molecular weight is 479 g/mol. The SMILES string of the molecule is CCCCCCCCCCC(CCCCCCCC)COc1ccc(N=Nc2ccccc2)cc1. The summed E-state index contributed by atoms with van der Waals surface area (Å²) >= 11 is 0. The van der Waals surface area contributed by atoms with Gasteiger partial charge in [-0.15, -0.1) is 0 Å². The number of benzene rings is 2. The summed E-state index contributed by atoms with van der Waals surface area (Å²) in [7, 11) is 0. The molecule has 0 aliphatic heterocycles. The molecule has 0 saturated heterocycles. The molecule has 0 heterocycles. The number of rotatable bonds is 21. The molecule has 0 fully saturated rings. The van der Waals surface area contributed by atoms with Gasteiger partial charge in [-0.25, -0.2) is 0 Å². The minimum Gasteiger partial charge on any atom is -0.493 e. The number of hydrogen-bond acceptors (Lipinski definition) is 3. The molecule has 0 aliphatic rings. The molecule has 0 amide bonds. The van der Waals surface area contributed by atoms with Gasteiger partial charge in [0.25, 0.3) is 0 Å². The van der Waals surface area contributed by atoms with Crippen LogP contribution in [0.2, 0.25) is 0 Å². The Bertz CT molecular complexity index is 757. The van der Waals surface area contributed by atoms with Gasteiger partial charge in [-0.05, 0) is 55.2 Å². The van der Waals surface area contributed by atoms with E-state index in [1.165, 1.54) is 103 Å². The third-order valence-corrected chi connectivity index (χ3v) is 6.79. The first-order valence-corrected chi connectivity index (χ1v) is 14.5. The second-order valence-electron chi connectivity index (χ2n) is 10.0.